The maximum Gasteiger partial charge on any atom is 0.139 e. The van der Waals surface area contributed by atoms with Crippen LogP contribution in [-0.2, 0) is 0 Å². The molecule has 3 heterocycles. The normalized spacial score (nSPS) is 11.3. The fourth-order valence-electron chi connectivity index (χ4n) is 2.53. The molecule has 4 aromatic rings. The molecule has 0 unspecified atom stereocenters. The second kappa shape index (κ2) is 5.85. The molecule has 4 rings (SSSR count). The van der Waals surface area contributed by atoms with E-state index in [0.717, 1.165) is 28.2 Å². The standard InChI is InChI=1S/C19H14N4/c1-2-8-17-16(7-1)22-19(11-10-15-6-5-12-20-14-15)23(17)18-9-3-4-13-21-18/h1-14H/b11-10+. The van der Waals surface area contributed by atoms with Crippen molar-refractivity contribution < 1.29 is 0 Å². The molecule has 0 amide bonds. The Morgan fingerprint density at radius 1 is 0.826 bits per heavy atom. The van der Waals surface area contributed by atoms with Crippen LogP contribution in [0.25, 0.3) is 29.0 Å². The molecule has 0 aliphatic carbocycles. The first-order chi connectivity index (χ1) is 11.4. The van der Waals surface area contributed by atoms with Crippen molar-refractivity contribution in [2.45, 2.75) is 0 Å². The van der Waals surface area contributed by atoms with E-state index in [1.54, 1.807) is 12.4 Å². The van der Waals surface area contributed by atoms with Crippen LogP contribution in [0, 0.1) is 0 Å². The number of benzene rings is 1. The molecule has 0 spiro atoms. The molecular formula is C19H14N4. The number of imidazole rings is 1. The molecule has 0 saturated heterocycles. The van der Waals surface area contributed by atoms with E-state index in [9.17, 15) is 0 Å². The maximum absolute atomic E-state index is 4.72. The summed E-state index contributed by atoms with van der Waals surface area (Å²) in [5.41, 5.74) is 3.02. The van der Waals surface area contributed by atoms with Crippen molar-refractivity contribution in [3.63, 3.8) is 0 Å². The van der Waals surface area contributed by atoms with Gasteiger partial charge < -0.3 is 0 Å². The molecule has 0 atom stereocenters. The quantitative estimate of drug-likeness (QED) is 0.574. The van der Waals surface area contributed by atoms with Crippen LogP contribution in [0.3, 0.4) is 0 Å². The third-order valence-electron chi connectivity index (χ3n) is 3.57. The summed E-state index contributed by atoms with van der Waals surface area (Å²) in [5.74, 6) is 1.70. The summed E-state index contributed by atoms with van der Waals surface area (Å²) in [5, 5.41) is 0. The Hall–Kier alpha value is -3.27. The van der Waals surface area contributed by atoms with E-state index in [4.69, 9.17) is 4.98 Å². The Balaban J connectivity index is 1.88. The van der Waals surface area contributed by atoms with Crippen LogP contribution in [0.4, 0.5) is 0 Å². The summed E-state index contributed by atoms with van der Waals surface area (Å²) in [6.07, 6.45) is 9.38. The fourth-order valence-corrected chi connectivity index (χ4v) is 2.53. The number of hydrogen-bond acceptors (Lipinski definition) is 3. The Morgan fingerprint density at radius 3 is 2.57 bits per heavy atom. The average Bonchev–Trinajstić information content (AvgIpc) is 3.00. The van der Waals surface area contributed by atoms with Crippen LogP contribution in [0.2, 0.25) is 0 Å². The highest BCUT2D eigenvalue weighted by Crippen LogP contribution is 2.21. The first-order valence-electron chi connectivity index (χ1n) is 7.39. The molecule has 0 fully saturated rings. The SMILES string of the molecule is C(=C\c1nc2ccccc2n1-c1ccccn1)/c1cccnc1. The molecule has 4 nitrogen and oxygen atoms in total. The van der Waals surface area contributed by atoms with E-state index in [1.165, 1.54) is 0 Å². The number of rotatable bonds is 3. The summed E-state index contributed by atoms with van der Waals surface area (Å²) >= 11 is 0. The number of hydrogen-bond donors (Lipinski definition) is 0. The third-order valence-corrected chi connectivity index (χ3v) is 3.57. The largest absolute Gasteiger partial charge is 0.277 e. The Labute approximate surface area is 133 Å². The molecule has 23 heavy (non-hydrogen) atoms. The van der Waals surface area contributed by atoms with Gasteiger partial charge in [0.15, 0.2) is 0 Å². The summed E-state index contributed by atoms with van der Waals surface area (Å²) in [6.45, 7) is 0. The van der Waals surface area contributed by atoms with Crippen molar-refractivity contribution in [2.24, 2.45) is 0 Å². The molecule has 0 aliphatic rings. The molecular weight excluding hydrogens is 284 g/mol. The molecule has 0 radical (unpaired) electrons. The summed E-state index contributed by atoms with van der Waals surface area (Å²) in [4.78, 5) is 13.3. The summed E-state index contributed by atoms with van der Waals surface area (Å²) < 4.78 is 2.06. The minimum absolute atomic E-state index is 0.841. The molecule has 3 aromatic heterocycles. The second-order valence-corrected chi connectivity index (χ2v) is 5.10. The number of fused-ring (bicyclic) bond motifs is 1. The van der Waals surface area contributed by atoms with Crippen LogP contribution in [0.5, 0.6) is 0 Å². The van der Waals surface area contributed by atoms with Gasteiger partial charge >= 0.3 is 0 Å². The van der Waals surface area contributed by atoms with Gasteiger partial charge in [0.05, 0.1) is 11.0 Å². The van der Waals surface area contributed by atoms with Gasteiger partial charge in [-0.15, -0.1) is 0 Å². The smallest absolute Gasteiger partial charge is 0.139 e. The molecule has 1 aromatic carbocycles. The van der Waals surface area contributed by atoms with Crippen molar-refractivity contribution in [2.75, 3.05) is 0 Å². The molecule has 0 N–H and O–H groups in total. The third kappa shape index (κ3) is 2.62. The van der Waals surface area contributed by atoms with Gasteiger partial charge in [-0.3, -0.25) is 9.55 Å². The van der Waals surface area contributed by atoms with Gasteiger partial charge in [0.25, 0.3) is 0 Å². The Morgan fingerprint density at radius 2 is 1.74 bits per heavy atom. The zero-order valence-corrected chi connectivity index (χ0v) is 12.4. The van der Waals surface area contributed by atoms with Crippen molar-refractivity contribution in [3.8, 4) is 5.82 Å². The highest BCUT2D eigenvalue weighted by molar-refractivity contribution is 5.81. The van der Waals surface area contributed by atoms with Gasteiger partial charge in [0.2, 0.25) is 0 Å². The molecule has 0 bridgehead atoms. The lowest BCUT2D eigenvalue weighted by Gasteiger charge is -2.05. The van der Waals surface area contributed by atoms with Crippen LogP contribution in [0.15, 0.2) is 73.2 Å². The zero-order chi connectivity index (χ0) is 15.5. The van der Waals surface area contributed by atoms with E-state index in [-0.39, 0.29) is 0 Å². The Bertz CT molecular complexity index is 957. The highest BCUT2D eigenvalue weighted by atomic mass is 15.1. The lowest BCUT2D eigenvalue weighted by molar-refractivity contribution is 1.00. The van der Waals surface area contributed by atoms with E-state index in [0.29, 0.717) is 0 Å². The number of aromatic nitrogens is 4. The van der Waals surface area contributed by atoms with Crippen molar-refractivity contribution in [1.82, 2.24) is 19.5 Å². The van der Waals surface area contributed by atoms with E-state index >= 15 is 0 Å². The lowest BCUT2D eigenvalue weighted by Crippen LogP contribution is -1.99. The lowest BCUT2D eigenvalue weighted by atomic mass is 10.2. The predicted molar refractivity (Wildman–Crippen MR) is 92.0 cm³/mol. The minimum Gasteiger partial charge on any atom is -0.277 e. The fraction of sp³-hybridized carbons (Fsp3) is 0. The first kappa shape index (κ1) is 13.4. The molecule has 4 heteroatoms. The monoisotopic (exact) mass is 298 g/mol. The number of nitrogens with zero attached hydrogens (tertiary/aromatic N) is 4. The van der Waals surface area contributed by atoms with Gasteiger partial charge in [-0.2, -0.15) is 0 Å². The van der Waals surface area contributed by atoms with Crippen LogP contribution in [0.1, 0.15) is 11.4 Å². The zero-order valence-electron chi connectivity index (χ0n) is 12.4. The first-order valence-corrected chi connectivity index (χ1v) is 7.39. The number of pyridine rings is 2. The average molecular weight is 298 g/mol. The van der Waals surface area contributed by atoms with Gasteiger partial charge in [-0.1, -0.05) is 24.3 Å². The molecule has 0 saturated carbocycles. The van der Waals surface area contributed by atoms with Gasteiger partial charge in [0, 0.05) is 18.6 Å². The summed E-state index contributed by atoms with van der Waals surface area (Å²) in [7, 11) is 0. The van der Waals surface area contributed by atoms with Gasteiger partial charge in [-0.05, 0) is 48.0 Å². The summed E-state index contributed by atoms with van der Waals surface area (Å²) in [6, 6.07) is 17.9. The second-order valence-electron chi connectivity index (χ2n) is 5.10. The van der Waals surface area contributed by atoms with Crippen molar-refractivity contribution >= 4 is 23.2 Å². The van der Waals surface area contributed by atoms with Crippen LogP contribution >= 0.6 is 0 Å². The van der Waals surface area contributed by atoms with Crippen LogP contribution < -0.4 is 0 Å². The molecule has 110 valence electrons. The molecule has 0 aliphatic heterocycles. The van der Waals surface area contributed by atoms with Crippen molar-refractivity contribution in [3.05, 3.63) is 84.6 Å². The minimum atomic E-state index is 0.841. The van der Waals surface area contributed by atoms with E-state index < -0.39 is 0 Å². The topological polar surface area (TPSA) is 43.6 Å². The predicted octanol–water partition coefficient (Wildman–Crippen LogP) is 3.99. The van der Waals surface area contributed by atoms with Crippen molar-refractivity contribution in [1.29, 1.82) is 0 Å². The van der Waals surface area contributed by atoms with Crippen LogP contribution in [-0.4, -0.2) is 19.5 Å². The number of para-hydroxylation sites is 2. The maximum atomic E-state index is 4.72. The van der Waals surface area contributed by atoms with E-state index in [1.807, 2.05) is 66.9 Å². The van der Waals surface area contributed by atoms with Gasteiger partial charge in [-0.25, -0.2) is 9.97 Å². The van der Waals surface area contributed by atoms with Gasteiger partial charge in [0.1, 0.15) is 11.6 Å². The Kier molecular flexibility index (Phi) is 3.41. The van der Waals surface area contributed by atoms with E-state index in [2.05, 4.69) is 20.6 Å². The highest BCUT2D eigenvalue weighted by Gasteiger charge is 2.10.